The maximum atomic E-state index is 13.6. The average Bonchev–Trinajstić information content (AvgIpc) is 2.92. The Balaban J connectivity index is 1.63. The molecular weight excluding hydrogens is 484 g/mol. The number of nitrogens with one attached hydrogen (secondary N) is 2. The molecule has 0 atom stereocenters. The average molecular weight is 515 g/mol. The Kier molecular flexibility index (Phi) is 8.50. The van der Waals surface area contributed by atoms with Crippen molar-refractivity contribution in [3.8, 4) is 5.69 Å². The summed E-state index contributed by atoms with van der Waals surface area (Å²) in [5, 5.41) is 5.89. The number of amides is 2. The molecule has 0 fully saturated rings. The second-order valence-electron chi connectivity index (χ2n) is 8.81. The van der Waals surface area contributed by atoms with E-state index in [9.17, 15) is 19.2 Å². The second kappa shape index (κ2) is 12.2. The van der Waals surface area contributed by atoms with Gasteiger partial charge in [-0.3, -0.25) is 19.0 Å². The summed E-state index contributed by atoms with van der Waals surface area (Å²) in [4.78, 5) is 51.9. The number of benzene rings is 3. The molecule has 0 spiro atoms. The first-order chi connectivity index (χ1) is 18.4. The van der Waals surface area contributed by atoms with E-state index in [1.54, 1.807) is 55.6 Å². The van der Waals surface area contributed by atoms with Crippen LogP contribution in [0, 0.1) is 0 Å². The van der Waals surface area contributed by atoms with E-state index in [0.29, 0.717) is 35.4 Å². The molecular formula is C29H30N4O5. The van der Waals surface area contributed by atoms with Gasteiger partial charge in [0.25, 0.3) is 5.56 Å². The second-order valence-corrected chi connectivity index (χ2v) is 8.81. The molecule has 0 aliphatic rings. The van der Waals surface area contributed by atoms with Crippen LogP contribution in [0.15, 0.2) is 82.4 Å². The number of hydrogen-bond acceptors (Lipinski definition) is 5. The summed E-state index contributed by atoms with van der Waals surface area (Å²) in [5.74, 6) is -0.545. The molecule has 9 nitrogen and oxygen atoms in total. The zero-order valence-electron chi connectivity index (χ0n) is 21.4. The minimum absolute atomic E-state index is 0.153. The van der Waals surface area contributed by atoms with Crippen molar-refractivity contribution in [3.63, 3.8) is 0 Å². The molecule has 0 aliphatic carbocycles. The number of para-hydroxylation sites is 1. The number of hydrogen-bond donors (Lipinski definition) is 2. The van der Waals surface area contributed by atoms with Gasteiger partial charge in [0.05, 0.1) is 29.6 Å². The molecule has 0 saturated heterocycles. The molecule has 4 aromatic rings. The largest absolute Gasteiger partial charge is 0.383 e. The topological polar surface area (TPSA) is 111 Å². The van der Waals surface area contributed by atoms with Crippen LogP contribution in [0.5, 0.6) is 0 Å². The van der Waals surface area contributed by atoms with Crippen LogP contribution in [-0.2, 0) is 33.7 Å². The lowest BCUT2D eigenvalue weighted by atomic mass is 10.1. The first-order valence-corrected chi connectivity index (χ1v) is 12.4. The summed E-state index contributed by atoms with van der Waals surface area (Å²) < 4.78 is 7.27. The Morgan fingerprint density at radius 3 is 2.24 bits per heavy atom. The fourth-order valence-corrected chi connectivity index (χ4v) is 4.17. The van der Waals surface area contributed by atoms with Gasteiger partial charge < -0.3 is 15.4 Å². The zero-order valence-corrected chi connectivity index (χ0v) is 21.4. The molecule has 4 rings (SSSR count). The van der Waals surface area contributed by atoms with Crippen LogP contribution in [0.2, 0.25) is 0 Å². The third-order valence-corrected chi connectivity index (χ3v) is 6.19. The van der Waals surface area contributed by atoms with Crippen molar-refractivity contribution in [2.45, 2.75) is 26.3 Å². The maximum absolute atomic E-state index is 13.6. The number of fused-ring (bicyclic) bond motifs is 1. The molecule has 0 aliphatic heterocycles. The summed E-state index contributed by atoms with van der Waals surface area (Å²) in [7, 11) is 1.56. The van der Waals surface area contributed by atoms with E-state index in [1.807, 2.05) is 24.3 Å². The molecule has 2 N–H and O–H groups in total. The molecule has 3 aromatic carbocycles. The van der Waals surface area contributed by atoms with E-state index in [2.05, 4.69) is 17.6 Å². The molecule has 1 heterocycles. The van der Waals surface area contributed by atoms with Crippen LogP contribution in [0.25, 0.3) is 16.6 Å². The SMILES string of the molecule is CCc1ccc(NC(=O)Cn2c(=O)n(-c3ccc(CC(=O)NCCOC)cc3)c(=O)c3ccccc32)cc1. The quantitative estimate of drug-likeness (QED) is 0.316. The normalized spacial score (nSPS) is 10.9. The summed E-state index contributed by atoms with van der Waals surface area (Å²) in [6, 6.07) is 20.8. The maximum Gasteiger partial charge on any atom is 0.336 e. The summed E-state index contributed by atoms with van der Waals surface area (Å²) in [6.45, 7) is 2.62. The number of rotatable bonds is 10. The Hall–Kier alpha value is -4.50. The minimum atomic E-state index is -0.629. The highest BCUT2D eigenvalue weighted by Crippen LogP contribution is 2.13. The molecule has 9 heteroatoms. The van der Waals surface area contributed by atoms with Crippen molar-refractivity contribution < 1.29 is 14.3 Å². The lowest BCUT2D eigenvalue weighted by Gasteiger charge is -2.15. The molecule has 2 amide bonds. The van der Waals surface area contributed by atoms with E-state index in [0.717, 1.165) is 22.1 Å². The lowest BCUT2D eigenvalue weighted by Crippen LogP contribution is -2.40. The van der Waals surface area contributed by atoms with Crippen LogP contribution in [0.4, 0.5) is 5.69 Å². The number of carbonyl (C=O) groups excluding carboxylic acids is 2. The number of aromatic nitrogens is 2. The van der Waals surface area contributed by atoms with E-state index in [1.165, 1.54) is 4.57 Å². The van der Waals surface area contributed by atoms with Crippen molar-refractivity contribution in [1.82, 2.24) is 14.5 Å². The number of ether oxygens (including phenoxy) is 1. The molecule has 38 heavy (non-hydrogen) atoms. The van der Waals surface area contributed by atoms with Crippen molar-refractivity contribution in [3.05, 3.63) is 105 Å². The van der Waals surface area contributed by atoms with Crippen molar-refractivity contribution in [2.75, 3.05) is 25.6 Å². The highest BCUT2D eigenvalue weighted by molar-refractivity contribution is 5.91. The Bertz CT molecular complexity index is 1550. The van der Waals surface area contributed by atoms with Gasteiger partial charge in [-0.05, 0) is 53.9 Å². The van der Waals surface area contributed by atoms with Crippen LogP contribution in [0.1, 0.15) is 18.1 Å². The predicted octanol–water partition coefficient (Wildman–Crippen LogP) is 2.66. The molecule has 0 bridgehead atoms. The number of anilines is 1. The van der Waals surface area contributed by atoms with Crippen molar-refractivity contribution in [2.24, 2.45) is 0 Å². The summed E-state index contributed by atoms with van der Waals surface area (Å²) >= 11 is 0. The molecule has 196 valence electrons. The highest BCUT2D eigenvalue weighted by atomic mass is 16.5. The van der Waals surface area contributed by atoms with Gasteiger partial charge in [-0.1, -0.05) is 43.3 Å². The standard InChI is InChI=1S/C29H30N4O5/c1-3-20-8-12-22(13-9-20)31-27(35)19-32-25-7-5-4-6-24(25)28(36)33(29(32)37)23-14-10-21(11-15-23)18-26(34)30-16-17-38-2/h4-15H,3,16-19H2,1-2H3,(H,30,34)(H,31,35). The van der Waals surface area contributed by atoms with Gasteiger partial charge in [0, 0.05) is 19.3 Å². The third kappa shape index (κ3) is 6.07. The zero-order chi connectivity index (χ0) is 27.1. The smallest absolute Gasteiger partial charge is 0.336 e. The van der Waals surface area contributed by atoms with Gasteiger partial charge in [-0.15, -0.1) is 0 Å². The highest BCUT2D eigenvalue weighted by Gasteiger charge is 2.17. The first kappa shape index (κ1) is 26.6. The fraction of sp³-hybridized carbons (Fsp3) is 0.241. The predicted molar refractivity (Wildman–Crippen MR) is 147 cm³/mol. The first-order valence-electron chi connectivity index (χ1n) is 12.4. The number of methoxy groups -OCH3 is 1. The van der Waals surface area contributed by atoms with Gasteiger partial charge in [0.1, 0.15) is 6.54 Å². The molecule has 1 aromatic heterocycles. The third-order valence-electron chi connectivity index (χ3n) is 6.19. The van der Waals surface area contributed by atoms with E-state index in [4.69, 9.17) is 4.74 Å². The van der Waals surface area contributed by atoms with Gasteiger partial charge in [-0.2, -0.15) is 0 Å². The van der Waals surface area contributed by atoms with Gasteiger partial charge in [-0.25, -0.2) is 9.36 Å². The molecule has 0 unspecified atom stereocenters. The summed E-state index contributed by atoms with van der Waals surface area (Å²) in [6.07, 6.45) is 1.04. The van der Waals surface area contributed by atoms with Gasteiger partial charge in [0.15, 0.2) is 0 Å². The molecule has 0 saturated carbocycles. The van der Waals surface area contributed by atoms with E-state index < -0.39 is 11.2 Å². The van der Waals surface area contributed by atoms with E-state index >= 15 is 0 Å². The van der Waals surface area contributed by atoms with Crippen LogP contribution in [0.3, 0.4) is 0 Å². The number of nitrogens with zero attached hydrogens (tertiary/aromatic N) is 2. The van der Waals surface area contributed by atoms with Gasteiger partial charge >= 0.3 is 5.69 Å². The lowest BCUT2D eigenvalue weighted by molar-refractivity contribution is -0.120. The van der Waals surface area contributed by atoms with Crippen molar-refractivity contribution in [1.29, 1.82) is 0 Å². The number of aryl methyl sites for hydroxylation is 1. The molecule has 0 radical (unpaired) electrons. The van der Waals surface area contributed by atoms with Crippen LogP contribution in [-0.4, -0.2) is 41.2 Å². The minimum Gasteiger partial charge on any atom is -0.383 e. The van der Waals surface area contributed by atoms with Crippen molar-refractivity contribution >= 4 is 28.4 Å². The van der Waals surface area contributed by atoms with Crippen LogP contribution < -0.4 is 21.9 Å². The Morgan fingerprint density at radius 2 is 1.55 bits per heavy atom. The van der Waals surface area contributed by atoms with E-state index in [-0.39, 0.29) is 24.8 Å². The van der Waals surface area contributed by atoms with Gasteiger partial charge in [0.2, 0.25) is 11.8 Å². The monoisotopic (exact) mass is 514 g/mol. The Labute approximate surface area is 219 Å². The number of carbonyl (C=O) groups is 2. The fourth-order valence-electron chi connectivity index (χ4n) is 4.17. The van der Waals surface area contributed by atoms with Crippen LogP contribution >= 0.6 is 0 Å². The Morgan fingerprint density at radius 1 is 0.868 bits per heavy atom. The summed E-state index contributed by atoms with van der Waals surface area (Å²) in [5.41, 5.74) is 2.11.